The molecule has 0 aliphatic rings. The second-order valence-electron chi connectivity index (χ2n) is 7.05. The Morgan fingerprint density at radius 1 is 1.07 bits per heavy atom. The molecule has 0 aliphatic heterocycles. The molecule has 0 atom stereocenters. The number of hydrogen-bond donors (Lipinski definition) is 1. The number of nitrogens with zero attached hydrogens (tertiary/aromatic N) is 1. The number of pyridine rings is 1. The summed E-state index contributed by atoms with van der Waals surface area (Å²) in [4.78, 5) is 18.9. The van der Waals surface area contributed by atoms with Crippen molar-refractivity contribution in [3.63, 3.8) is 0 Å². The Morgan fingerprint density at radius 3 is 2.67 bits per heavy atom. The summed E-state index contributed by atoms with van der Waals surface area (Å²) < 4.78 is 4.68. The van der Waals surface area contributed by atoms with Crippen molar-refractivity contribution in [3.8, 4) is 11.3 Å². The first kappa shape index (κ1) is 19.2. The number of aromatic amines is 1. The topological polar surface area (TPSA) is 55.0 Å². The molecule has 4 heteroatoms. The highest BCUT2D eigenvalue weighted by molar-refractivity contribution is 5.92. The number of rotatable bonds is 9. The van der Waals surface area contributed by atoms with Gasteiger partial charge >= 0.3 is 5.97 Å². The van der Waals surface area contributed by atoms with Gasteiger partial charge in [0.2, 0.25) is 0 Å². The van der Waals surface area contributed by atoms with E-state index in [0.29, 0.717) is 6.42 Å². The zero-order chi connectivity index (χ0) is 19.1. The molecule has 27 heavy (non-hydrogen) atoms. The highest BCUT2D eigenvalue weighted by atomic mass is 16.5. The minimum Gasteiger partial charge on any atom is -0.469 e. The Balaban J connectivity index is 1.61. The van der Waals surface area contributed by atoms with Gasteiger partial charge in [0.15, 0.2) is 0 Å². The summed E-state index contributed by atoms with van der Waals surface area (Å²) in [5.74, 6) is -0.103. The van der Waals surface area contributed by atoms with E-state index < -0.39 is 0 Å². The number of unbranched alkanes of at least 4 members (excludes halogenated alkanes) is 4. The second kappa shape index (κ2) is 9.36. The number of aryl methyl sites for hydroxylation is 2. The van der Waals surface area contributed by atoms with Gasteiger partial charge in [-0.1, -0.05) is 31.4 Å². The molecule has 0 fully saturated rings. The molecule has 0 unspecified atom stereocenters. The van der Waals surface area contributed by atoms with Crippen molar-refractivity contribution in [2.75, 3.05) is 7.11 Å². The molecule has 0 saturated heterocycles. The van der Waals surface area contributed by atoms with Gasteiger partial charge in [0.25, 0.3) is 0 Å². The Labute approximate surface area is 161 Å². The number of nitrogens with one attached hydrogen (secondary N) is 1. The number of aromatic nitrogens is 2. The van der Waals surface area contributed by atoms with Crippen molar-refractivity contribution in [2.45, 2.75) is 51.9 Å². The molecule has 0 bridgehead atoms. The smallest absolute Gasteiger partial charge is 0.305 e. The molecule has 142 valence electrons. The number of methoxy groups -OCH3 is 1. The van der Waals surface area contributed by atoms with Gasteiger partial charge in [0.1, 0.15) is 0 Å². The van der Waals surface area contributed by atoms with Crippen LogP contribution in [0.5, 0.6) is 0 Å². The van der Waals surface area contributed by atoms with E-state index in [1.54, 1.807) is 6.20 Å². The van der Waals surface area contributed by atoms with Gasteiger partial charge in [-0.05, 0) is 55.5 Å². The third-order valence-electron chi connectivity index (χ3n) is 5.17. The number of hydrogen-bond acceptors (Lipinski definition) is 3. The van der Waals surface area contributed by atoms with Crippen molar-refractivity contribution in [1.29, 1.82) is 0 Å². The van der Waals surface area contributed by atoms with Crippen LogP contribution in [0.25, 0.3) is 22.2 Å². The summed E-state index contributed by atoms with van der Waals surface area (Å²) in [7, 11) is 1.45. The maximum Gasteiger partial charge on any atom is 0.305 e. The summed E-state index contributed by atoms with van der Waals surface area (Å²) in [6.45, 7) is 2.19. The van der Waals surface area contributed by atoms with Crippen LogP contribution in [0.4, 0.5) is 0 Å². The first-order valence-electron chi connectivity index (χ1n) is 9.78. The maximum atomic E-state index is 11.1. The molecular weight excluding hydrogens is 336 g/mol. The first-order chi connectivity index (χ1) is 13.2. The highest BCUT2D eigenvalue weighted by Gasteiger charge is 2.12. The van der Waals surface area contributed by atoms with Crippen LogP contribution in [0, 0.1) is 6.92 Å². The zero-order valence-corrected chi connectivity index (χ0v) is 16.3. The number of benzene rings is 1. The summed E-state index contributed by atoms with van der Waals surface area (Å²) in [6, 6.07) is 10.6. The van der Waals surface area contributed by atoms with Gasteiger partial charge in [-0.2, -0.15) is 0 Å². The molecular formula is C23H28N2O2. The number of carbonyl (C=O) groups is 1. The van der Waals surface area contributed by atoms with Crippen molar-refractivity contribution in [3.05, 3.63) is 53.9 Å². The predicted molar refractivity (Wildman–Crippen MR) is 110 cm³/mol. The van der Waals surface area contributed by atoms with E-state index in [1.807, 2.05) is 12.3 Å². The Hall–Kier alpha value is -2.62. The molecule has 0 spiro atoms. The number of H-pyrrole nitrogens is 1. The van der Waals surface area contributed by atoms with Gasteiger partial charge in [-0.15, -0.1) is 0 Å². The summed E-state index contributed by atoms with van der Waals surface area (Å²) in [5, 5.41) is 1.35. The number of ether oxygens (including phenoxy) is 1. The van der Waals surface area contributed by atoms with Gasteiger partial charge in [0.05, 0.1) is 12.8 Å². The van der Waals surface area contributed by atoms with Crippen LogP contribution in [0.15, 0.2) is 42.7 Å². The summed E-state index contributed by atoms with van der Waals surface area (Å²) in [5.41, 5.74) is 6.19. The van der Waals surface area contributed by atoms with Gasteiger partial charge in [-0.3, -0.25) is 9.78 Å². The van der Waals surface area contributed by atoms with E-state index in [4.69, 9.17) is 0 Å². The monoisotopic (exact) mass is 364 g/mol. The third-order valence-corrected chi connectivity index (χ3v) is 5.17. The number of esters is 1. The molecule has 2 heterocycles. The van der Waals surface area contributed by atoms with Gasteiger partial charge in [0, 0.05) is 35.3 Å². The van der Waals surface area contributed by atoms with E-state index >= 15 is 0 Å². The maximum absolute atomic E-state index is 11.1. The normalized spacial score (nSPS) is 11.0. The van der Waals surface area contributed by atoms with Gasteiger partial charge in [-0.25, -0.2) is 0 Å². The van der Waals surface area contributed by atoms with Crippen LogP contribution in [-0.4, -0.2) is 23.0 Å². The highest BCUT2D eigenvalue weighted by Crippen LogP contribution is 2.32. The molecule has 2 aromatic heterocycles. The predicted octanol–water partition coefficient (Wildman–Crippen LogP) is 5.59. The number of fused-ring (bicyclic) bond motifs is 1. The molecule has 0 amide bonds. The lowest BCUT2D eigenvalue weighted by molar-refractivity contribution is -0.140. The molecule has 0 saturated carbocycles. The van der Waals surface area contributed by atoms with Crippen LogP contribution < -0.4 is 0 Å². The molecule has 1 N–H and O–H groups in total. The fraction of sp³-hybridized carbons (Fsp3) is 0.391. The van der Waals surface area contributed by atoms with E-state index in [-0.39, 0.29) is 5.97 Å². The van der Waals surface area contributed by atoms with Gasteiger partial charge < -0.3 is 9.72 Å². The lowest BCUT2D eigenvalue weighted by Crippen LogP contribution is -1.99. The fourth-order valence-electron chi connectivity index (χ4n) is 3.73. The van der Waals surface area contributed by atoms with E-state index in [0.717, 1.165) is 30.5 Å². The Bertz CT molecular complexity index is 884. The quantitative estimate of drug-likeness (QED) is 0.397. The summed E-state index contributed by atoms with van der Waals surface area (Å²) in [6.07, 6.45) is 10.9. The largest absolute Gasteiger partial charge is 0.469 e. The van der Waals surface area contributed by atoms with Crippen molar-refractivity contribution >= 4 is 16.9 Å². The second-order valence-corrected chi connectivity index (χ2v) is 7.05. The van der Waals surface area contributed by atoms with Crippen LogP contribution in [-0.2, 0) is 16.0 Å². The molecule has 3 aromatic rings. The standard InChI is InChI=1S/C23H28N2O2/c1-17-22-18(10-6-4-3-5-7-14-21(26)27-2)11-8-13-20(22)25-23(17)19-12-9-15-24-16-19/h8-9,11-13,15-16,25H,3-7,10,14H2,1-2H3. The average Bonchev–Trinajstić information content (AvgIpc) is 3.05. The van der Waals surface area contributed by atoms with Crippen LogP contribution in [0.3, 0.4) is 0 Å². The van der Waals surface area contributed by atoms with Crippen LogP contribution >= 0.6 is 0 Å². The Kier molecular flexibility index (Phi) is 6.64. The average molecular weight is 364 g/mol. The third kappa shape index (κ3) is 4.76. The zero-order valence-electron chi connectivity index (χ0n) is 16.3. The van der Waals surface area contributed by atoms with Crippen molar-refractivity contribution in [2.24, 2.45) is 0 Å². The van der Waals surface area contributed by atoms with E-state index in [2.05, 4.69) is 45.9 Å². The fourth-order valence-corrected chi connectivity index (χ4v) is 3.73. The number of carbonyl (C=O) groups excluding carboxylic acids is 1. The van der Waals surface area contributed by atoms with Crippen molar-refractivity contribution < 1.29 is 9.53 Å². The van der Waals surface area contributed by atoms with Crippen LogP contribution in [0.2, 0.25) is 0 Å². The molecule has 0 aliphatic carbocycles. The molecule has 1 aromatic carbocycles. The Morgan fingerprint density at radius 2 is 1.89 bits per heavy atom. The van der Waals surface area contributed by atoms with E-state index in [9.17, 15) is 4.79 Å². The molecule has 3 rings (SSSR count). The minimum atomic E-state index is -0.103. The lowest BCUT2D eigenvalue weighted by atomic mass is 9.99. The van der Waals surface area contributed by atoms with Crippen LogP contribution in [0.1, 0.15) is 49.7 Å². The SMILES string of the molecule is COC(=O)CCCCCCCc1cccc2[nH]c(-c3cccnc3)c(C)c12. The van der Waals surface area contributed by atoms with E-state index in [1.165, 1.54) is 48.4 Å². The lowest BCUT2D eigenvalue weighted by Gasteiger charge is -2.06. The molecule has 0 radical (unpaired) electrons. The minimum absolute atomic E-state index is 0.103. The molecule has 4 nitrogen and oxygen atoms in total. The first-order valence-corrected chi connectivity index (χ1v) is 9.78. The summed E-state index contributed by atoms with van der Waals surface area (Å²) >= 11 is 0. The van der Waals surface area contributed by atoms with Crippen molar-refractivity contribution in [1.82, 2.24) is 9.97 Å².